The predicted octanol–water partition coefficient (Wildman–Crippen LogP) is 5.14. The summed E-state index contributed by atoms with van der Waals surface area (Å²) in [6.07, 6.45) is 6.75. The number of ether oxygens (including phenoxy) is 6. The Morgan fingerprint density at radius 3 is 1.53 bits per heavy atom. The van der Waals surface area contributed by atoms with Crippen molar-refractivity contribution in [2.24, 2.45) is 0 Å². The zero-order valence-electron chi connectivity index (χ0n) is 35.4. The summed E-state index contributed by atoms with van der Waals surface area (Å²) in [5, 5.41) is 0.397. The van der Waals surface area contributed by atoms with E-state index in [1.54, 1.807) is 46.0 Å². The minimum Gasteiger partial charge on any atom is -0.480 e. The maximum absolute atomic E-state index is 6.18. The summed E-state index contributed by atoms with van der Waals surface area (Å²) in [6.45, 7) is 17.5. The van der Waals surface area contributed by atoms with Crippen LogP contribution in [0.25, 0.3) is 11.1 Å². The Labute approximate surface area is 366 Å². The van der Waals surface area contributed by atoms with E-state index < -0.39 is 7.12 Å². The number of rotatable bonds is 8. The van der Waals surface area contributed by atoms with Crippen LogP contribution in [0.1, 0.15) is 27.7 Å². The number of pyridine rings is 4. The van der Waals surface area contributed by atoms with E-state index in [2.05, 4.69) is 56.6 Å². The summed E-state index contributed by atoms with van der Waals surface area (Å²) in [5.41, 5.74) is 11.1. The number of hydrogen-bond acceptors (Lipinski definition) is 16. The van der Waals surface area contributed by atoms with E-state index in [1.807, 2.05) is 39.8 Å². The Kier molecular flexibility index (Phi) is 15.6. The molecule has 4 fully saturated rings. The normalized spacial score (nSPS) is 18.5. The Bertz CT molecular complexity index is 2020. The van der Waals surface area contributed by atoms with Crippen LogP contribution in [0.2, 0.25) is 5.15 Å². The minimum atomic E-state index is -0.418. The highest BCUT2D eigenvalue weighted by Gasteiger charge is 2.52. The fourth-order valence-corrected chi connectivity index (χ4v) is 7.33. The highest BCUT2D eigenvalue weighted by atomic mass is 79.9. The Hall–Kier alpha value is -4.17. The predicted molar refractivity (Wildman–Crippen MR) is 238 cm³/mol. The van der Waals surface area contributed by atoms with Crippen molar-refractivity contribution in [1.29, 1.82) is 0 Å². The second-order valence-electron chi connectivity index (χ2n) is 15.2. The molecule has 0 spiro atoms. The Morgan fingerprint density at radius 2 is 1.05 bits per heavy atom. The fraction of sp³-hybridized carbons (Fsp3) is 0.512. The quantitative estimate of drug-likeness (QED) is 0.183. The first-order valence-electron chi connectivity index (χ1n) is 19.9. The fourth-order valence-electron chi connectivity index (χ4n) is 6.80. The number of methoxy groups -OCH3 is 3. The van der Waals surface area contributed by atoms with Gasteiger partial charge in [-0.1, -0.05) is 11.6 Å². The van der Waals surface area contributed by atoms with Crippen LogP contribution < -0.4 is 40.1 Å². The topological polar surface area (TPSA) is 161 Å². The van der Waals surface area contributed by atoms with Gasteiger partial charge in [0.25, 0.3) is 0 Å². The molecule has 324 valence electrons. The van der Waals surface area contributed by atoms with Crippen LogP contribution in [0, 0.1) is 0 Å². The highest BCUT2D eigenvalue weighted by molar-refractivity contribution is 9.10. The highest BCUT2D eigenvalue weighted by Crippen LogP contribution is 2.38. The van der Waals surface area contributed by atoms with E-state index in [0.717, 1.165) is 90.6 Å². The lowest BCUT2D eigenvalue weighted by Crippen LogP contribution is -2.41. The monoisotopic (exact) mass is 912 g/mol. The number of halogens is 2. The first kappa shape index (κ1) is 45.4. The van der Waals surface area contributed by atoms with Gasteiger partial charge in [-0.3, -0.25) is 0 Å². The Balaban J connectivity index is 0.000000154. The number of hydrogen-bond donors (Lipinski definition) is 1. The van der Waals surface area contributed by atoms with Crippen LogP contribution in [-0.2, 0) is 23.5 Å². The van der Waals surface area contributed by atoms with Gasteiger partial charge in [-0.2, -0.15) is 0 Å². The molecule has 8 heterocycles. The maximum atomic E-state index is 6.18. The molecule has 0 unspecified atom stereocenters. The molecular weight excluding hydrogens is 859 g/mol. The third-order valence-electron chi connectivity index (χ3n) is 10.8. The van der Waals surface area contributed by atoms with Crippen LogP contribution in [0.5, 0.6) is 17.6 Å². The van der Waals surface area contributed by atoms with Gasteiger partial charge < -0.3 is 58.2 Å². The SMILES string of the molecule is COc1ncc(-c2cc(N)cnc2Cl)cc1N1CCOCC1.COc1ncc(B2OC(C)(C)C(C)(C)O2)cc1N1CCOCC1.COc1ncc(Br)cc1N1CCOCC1. The molecule has 4 aromatic heterocycles. The number of nitrogens with zero attached hydrogens (tertiary/aromatic N) is 7. The van der Waals surface area contributed by atoms with E-state index >= 15 is 0 Å². The summed E-state index contributed by atoms with van der Waals surface area (Å²) >= 11 is 9.60. The van der Waals surface area contributed by atoms with Gasteiger partial charge in [0.2, 0.25) is 17.6 Å². The standard InChI is InChI=1S/C16H25BN2O4.C15H17ClN4O2.C10H13BrN2O2/c1-15(2)16(3,4)23-17(22-15)12-10-13(14(20-5)18-11-12)19-6-8-21-9-7-19;1-21-15-13(20-2-4-22-5-3-20)6-10(8-19-15)12-7-11(17)9-18-14(12)16;1-14-10-9(6-8(11)7-12-10)13-2-4-15-5-3-13/h10-11H,6-9H2,1-5H3;6-9H,2-5,17H2,1H3;6-7H,2-5H2,1H3. The van der Waals surface area contributed by atoms with Crippen molar-refractivity contribution in [3.05, 3.63) is 58.7 Å². The molecule has 0 atom stereocenters. The van der Waals surface area contributed by atoms with Crippen molar-refractivity contribution in [3.63, 3.8) is 0 Å². The van der Waals surface area contributed by atoms with Crippen molar-refractivity contribution in [3.8, 4) is 28.8 Å². The van der Waals surface area contributed by atoms with E-state index in [9.17, 15) is 0 Å². The summed E-state index contributed by atoms with van der Waals surface area (Å²) in [5.74, 6) is 1.87. The summed E-state index contributed by atoms with van der Waals surface area (Å²) < 4.78 is 45.4. The second kappa shape index (κ2) is 20.6. The van der Waals surface area contributed by atoms with Gasteiger partial charge in [-0.25, -0.2) is 19.9 Å². The number of anilines is 4. The Morgan fingerprint density at radius 1 is 0.617 bits per heavy atom. The molecule has 16 nitrogen and oxygen atoms in total. The number of morpholine rings is 3. The number of nitrogen functional groups attached to an aromatic ring is 1. The third-order valence-corrected chi connectivity index (χ3v) is 11.6. The molecule has 0 aromatic carbocycles. The zero-order chi connectivity index (χ0) is 42.9. The average molecular weight is 914 g/mol. The molecule has 4 aliphatic rings. The molecule has 0 saturated carbocycles. The average Bonchev–Trinajstić information content (AvgIpc) is 3.50. The van der Waals surface area contributed by atoms with E-state index in [1.165, 1.54) is 6.20 Å². The van der Waals surface area contributed by atoms with Crippen molar-refractivity contribution >= 4 is 62.9 Å². The number of aromatic nitrogens is 4. The molecule has 4 aromatic rings. The lowest BCUT2D eigenvalue weighted by Gasteiger charge is -2.32. The van der Waals surface area contributed by atoms with Crippen molar-refractivity contribution in [2.45, 2.75) is 38.9 Å². The van der Waals surface area contributed by atoms with E-state index in [-0.39, 0.29) is 11.2 Å². The molecule has 4 saturated heterocycles. The van der Waals surface area contributed by atoms with Crippen LogP contribution in [0.4, 0.5) is 22.7 Å². The van der Waals surface area contributed by atoms with Gasteiger partial charge in [-0.15, -0.1) is 0 Å². The van der Waals surface area contributed by atoms with Crippen molar-refractivity contribution in [1.82, 2.24) is 19.9 Å². The lowest BCUT2D eigenvalue weighted by atomic mass is 9.80. The molecule has 60 heavy (non-hydrogen) atoms. The summed E-state index contributed by atoms with van der Waals surface area (Å²) in [4.78, 5) is 23.8. The molecule has 0 bridgehead atoms. The van der Waals surface area contributed by atoms with Gasteiger partial charge in [0.15, 0.2) is 0 Å². The van der Waals surface area contributed by atoms with Gasteiger partial charge >= 0.3 is 7.12 Å². The zero-order valence-corrected chi connectivity index (χ0v) is 37.8. The first-order chi connectivity index (χ1) is 28.8. The smallest absolute Gasteiger partial charge is 0.480 e. The minimum absolute atomic E-state index is 0.364. The van der Waals surface area contributed by atoms with E-state index in [4.69, 9.17) is 55.1 Å². The summed E-state index contributed by atoms with van der Waals surface area (Å²) in [7, 11) is 4.47. The van der Waals surface area contributed by atoms with Gasteiger partial charge in [-0.05, 0) is 67.9 Å². The molecule has 19 heteroatoms. The van der Waals surface area contributed by atoms with Gasteiger partial charge in [0, 0.05) is 78.9 Å². The van der Waals surface area contributed by atoms with Crippen LogP contribution in [0.3, 0.4) is 0 Å². The van der Waals surface area contributed by atoms with Crippen LogP contribution in [0.15, 0.2) is 53.5 Å². The largest absolute Gasteiger partial charge is 0.496 e. The first-order valence-corrected chi connectivity index (χ1v) is 21.0. The molecule has 2 N–H and O–H groups in total. The molecule has 4 aliphatic heterocycles. The maximum Gasteiger partial charge on any atom is 0.496 e. The van der Waals surface area contributed by atoms with Crippen molar-refractivity contribution < 1.29 is 37.7 Å². The summed E-state index contributed by atoms with van der Waals surface area (Å²) in [6, 6.07) is 7.87. The van der Waals surface area contributed by atoms with Crippen LogP contribution >= 0.6 is 27.5 Å². The molecular formula is C41H55BBrClN8O8. The van der Waals surface area contributed by atoms with E-state index in [0.29, 0.717) is 54.9 Å². The lowest BCUT2D eigenvalue weighted by molar-refractivity contribution is 0.00578. The molecule has 0 amide bonds. The molecule has 0 aliphatic carbocycles. The van der Waals surface area contributed by atoms with Gasteiger partial charge in [0.1, 0.15) is 16.5 Å². The second-order valence-corrected chi connectivity index (χ2v) is 16.5. The van der Waals surface area contributed by atoms with Crippen molar-refractivity contribution in [2.75, 3.05) is 121 Å². The molecule has 0 radical (unpaired) electrons. The van der Waals surface area contributed by atoms with Crippen LogP contribution in [-0.4, -0.2) is 138 Å². The molecule has 8 rings (SSSR count). The number of nitrogens with two attached hydrogens (primary N) is 1. The van der Waals surface area contributed by atoms with Gasteiger partial charge in [0.05, 0.1) is 89.7 Å². The third kappa shape index (κ3) is 11.0.